The zero-order chi connectivity index (χ0) is 20.5. The van der Waals surface area contributed by atoms with Crippen molar-refractivity contribution < 1.29 is 23.0 Å². The van der Waals surface area contributed by atoms with E-state index in [4.69, 9.17) is 9.73 Å². The Labute approximate surface area is 165 Å². The number of alkyl halides is 3. The molecule has 1 unspecified atom stereocenters. The number of piperidine rings is 1. The number of nitrogens with one attached hydrogen (secondary N) is 2. The molecule has 0 aromatic carbocycles. The molecule has 6 nitrogen and oxygen atoms in total. The summed E-state index contributed by atoms with van der Waals surface area (Å²) in [7, 11) is 0. The van der Waals surface area contributed by atoms with Gasteiger partial charge in [0.05, 0.1) is 19.7 Å². The predicted molar refractivity (Wildman–Crippen MR) is 103 cm³/mol. The monoisotopic (exact) mass is 408 g/mol. The number of aliphatic imine (C=N–C) groups is 1. The average Bonchev–Trinajstić information content (AvgIpc) is 3.09. The summed E-state index contributed by atoms with van der Waals surface area (Å²) in [4.78, 5) is 6.19. The lowest BCUT2D eigenvalue weighted by Crippen LogP contribution is -2.42. The van der Waals surface area contributed by atoms with Crippen LogP contribution in [0.4, 0.5) is 13.2 Å². The van der Waals surface area contributed by atoms with E-state index < -0.39 is 12.7 Å². The number of nitrogens with zero attached hydrogens (tertiary/aromatic N) is 2. The summed E-state index contributed by atoms with van der Waals surface area (Å²) in [5, 5.41) is 15.9. The molecule has 164 valence electrons. The SMILES string of the molecule is CCNC(=NCC1(CCO)CCOC1)NCCC1CCN(CC(F)(F)F)CC1. The van der Waals surface area contributed by atoms with Crippen molar-refractivity contribution in [1.29, 1.82) is 0 Å². The van der Waals surface area contributed by atoms with E-state index >= 15 is 0 Å². The summed E-state index contributed by atoms with van der Waals surface area (Å²) < 4.78 is 42.9. The highest BCUT2D eigenvalue weighted by atomic mass is 19.4. The molecule has 2 aliphatic rings. The second kappa shape index (κ2) is 11.2. The van der Waals surface area contributed by atoms with Crippen molar-refractivity contribution >= 4 is 5.96 Å². The van der Waals surface area contributed by atoms with E-state index in [1.165, 1.54) is 4.90 Å². The van der Waals surface area contributed by atoms with Gasteiger partial charge in [-0.25, -0.2) is 0 Å². The molecule has 9 heteroatoms. The molecule has 2 heterocycles. The van der Waals surface area contributed by atoms with Crippen LogP contribution in [0.1, 0.15) is 39.0 Å². The van der Waals surface area contributed by atoms with Crippen molar-refractivity contribution in [2.75, 3.05) is 59.1 Å². The van der Waals surface area contributed by atoms with Gasteiger partial charge >= 0.3 is 6.18 Å². The first-order valence-electron chi connectivity index (χ1n) is 10.4. The lowest BCUT2D eigenvalue weighted by Gasteiger charge is -2.32. The summed E-state index contributed by atoms with van der Waals surface area (Å²) >= 11 is 0. The zero-order valence-electron chi connectivity index (χ0n) is 16.9. The van der Waals surface area contributed by atoms with Crippen LogP contribution in [-0.2, 0) is 4.74 Å². The maximum atomic E-state index is 12.5. The van der Waals surface area contributed by atoms with E-state index in [0.29, 0.717) is 45.2 Å². The fourth-order valence-corrected chi connectivity index (χ4v) is 3.96. The van der Waals surface area contributed by atoms with Crippen LogP contribution in [0.5, 0.6) is 0 Å². The minimum atomic E-state index is -4.11. The molecule has 0 radical (unpaired) electrons. The van der Waals surface area contributed by atoms with Crippen LogP contribution in [0, 0.1) is 11.3 Å². The fourth-order valence-electron chi connectivity index (χ4n) is 3.96. The molecule has 0 amide bonds. The van der Waals surface area contributed by atoms with Gasteiger partial charge in [-0.15, -0.1) is 0 Å². The summed E-state index contributed by atoms with van der Waals surface area (Å²) in [6.07, 6.45) is 0.0304. The molecule has 0 saturated carbocycles. The van der Waals surface area contributed by atoms with Gasteiger partial charge in [0, 0.05) is 31.7 Å². The molecule has 1 atom stereocenters. The van der Waals surface area contributed by atoms with Crippen molar-refractivity contribution in [3.8, 4) is 0 Å². The first-order chi connectivity index (χ1) is 13.4. The van der Waals surface area contributed by atoms with Crippen molar-refractivity contribution in [3.63, 3.8) is 0 Å². The molecule has 0 aliphatic carbocycles. The van der Waals surface area contributed by atoms with Crippen LogP contribution in [0.3, 0.4) is 0 Å². The van der Waals surface area contributed by atoms with Gasteiger partial charge in [-0.1, -0.05) is 0 Å². The van der Waals surface area contributed by atoms with Crippen molar-refractivity contribution in [2.24, 2.45) is 16.3 Å². The van der Waals surface area contributed by atoms with Gasteiger partial charge in [-0.05, 0) is 58.0 Å². The van der Waals surface area contributed by atoms with Gasteiger partial charge in [-0.3, -0.25) is 9.89 Å². The lowest BCUT2D eigenvalue weighted by atomic mass is 9.84. The normalized spacial score (nSPS) is 25.2. The first kappa shape index (κ1) is 23.2. The van der Waals surface area contributed by atoms with Gasteiger partial charge in [0.1, 0.15) is 0 Å². The highest BCUT2D eigenvalue weighted by molar-refractivity contribution is 5.79. The molecule has 28 heavy (non-hydrogen) atoms. The molecule has 3 N–H and O–H groups in total. The Morgan fingerprint density at radius 3 is 2.61 bits per heavy atom. The van der Waals surface area contributed by atoms with Crippen LogP contribution >= 0.6 is 0 Å². The number of aliphatic hydroxyl groups is 1. The summed E-state index contributed by atoms with van der Waals surface area (Å²) in [5.74, 6) is 1.20. The predicted octanol–water partition coefficient (Wildman–Crippen LogP) is 1.99. The number of hydrogen-bond acceptors (Lipinski definition) is 4. The largest absolute Gasteiger partial charge is 0.401 e. The third kappa shape index (κ3) is 8.13. The quantitative estimate of drug-likeness (QED) is 0.402. The van der Waals surface area contributed by atoms with Crippen molar-refractivity contribution in [1.82, 2.24) is 15.5 Å². The Hall–Kier alpha value is -1.06. The molecule has 0 spiro atoms. The van der Waals surface area contributed by atoms with Crippen molar-refractivity contribution in [2.45, 2.75) is 45.2 Å². The van der Waals surface area contributed by atoms with E-state index in [1.54, 1.807) is 0 Å². The number of likely N-dealkylation sites (tertiary alicyclic amines) is 1. The summed E-state index contributed by atoms with van der Waals surface area (Å²) in [6, 6.07) is 0. The van der Waals surface area contributed by atoms with Gasteiger partial charge in [-0.2, -0.15) is 13.2 Å². The van der Waals surface area contributed by atoms with E-state index in [1.807, 2.05) is 6.92 Å². The molecule has 2 saturated heterocycles. The third-order valence-corrected chi connectivity index (χ3v) is 5.70. The zero-order valence-corrected chi connectivity index (χ0v) is 16.9. The molecule has 0 aromatic rings. The highest BCUT2D eigenvalue weighted by Crippen LogP contribution is 2.32. The van der Waals surface area contributed by atoms with Crippen molar-refractivity contribution in [3.05, 3.63) is 0 Å². The van der Waals surface area contributed by atoms with Crippen LogP contribution < -0.4 is 10.6 Å². The maximum absolute atomic E-state index is 12.5. The molecular weight excluding hydrogens is 373 g/mol. The molecule has 0 bridgehead atoms. The number of halogens is 3. The Morgan fingerprint density at radius 1 is 1.29 bits per heavy atom. The topological polar surface area (TPSA) is 69.1 Å². The van der Waals surface area contributed by atoms with Crippen LogP contribution in [0.25, 0.3) is 0 Å². The molecule has 2 fully saturated rings. The molecule has 2 aliphatic heterocycles. The number of ether oxygens (including phenoxy) is 1. The molecule has 0 aromatic heterocycles. The number of hydrogen-bond donors (Lipinski definition) is 3. The molecule has 2 rings (SSSR count). The van der Waals surface area contributed by atoms with E-state index in [9.17, 15) is 18.3 Å². The third-order valence-electron chi connectivity index (χ3n) is 5.70. The minimum absolute atomic E-state index is 0.0809. The second-order valence-corrected chi connectivity index (χ2v) is 8.02. The van der Waals surface area contributed by atoms with E-state index in [0.717, 1.165) is 44.7 Å². The van der Waals surface area contributed by atoms with Gasteiger partial charge in [0.15, 0.2) is 5.96 Å². The Kier molecular flexibility index (Phi) is 9.30. The second-order valence-electron chi connectivity index (χ2n) is 8.02. The number of aliphatic hydroxyl groups excluding tert-OH is 1. The Balaban J connectivity index is 1.73. The Bertz CT molecular complexity index is 474. The maximum Gasteiger partial charge on any atom is 0.401 e. The fraction of sp³-hybridized carbons (Fsp3) is 0.947. The summed E-state index contributed by atoms with van der Waals surface area (Å²) in [5.41, 5.74) is -0.0809. The highest BCUT2D eigenvalue weighted by Gasteiger charge is 2.34. The Morgan fingerprint density at radius 2 is 2.04 bits per heavy atom. The van der Waals surface area contributed by atoms with Crippen LogP contribution in [0.2, 0.25) is 0 Å². The number of guanidine groups is 1. The van der Waals surface area contributed by atoms with E-state index in [2.05, 4.69) is 10.6 Å². The van der Waals surface area contributed by atoms with Gasteiger partial charge < -0.3 is 20.5 Å². The average molecular weight is 409 g/mol. The van der Waals surface area contributed by atoms with Crippen LogP contribution in [0.15, 0.2) is 4.99 Å². The van der Waals surface area contributed by atoms with Gasteiger partial charge in [0.25, 0.3) is 0 Å². The first-order valence-corrected chi connectivity index (χ1v) is 10.4. The van der Waals surface area contributed by atoms with E-state index in [-0.39, 0.29) is 12.0 Å². The number of rotatable bonds is 9. The van der Waals surface area contributed by atoms with Crippen LogP contribution in [-0.4, -0.2) is 81.2 Å². The lowest BCUT2D eigenvalue weighted by molar-refractivity contribution is -0.148. The summed E-state index contributed by atoms with van der Waals surface area (Å²) in [6.45, 7) is 5.84. The standard InChI is InChI=1S/C19H35F3N4O2/c1-2-23-17(25-13-18(6-11-27)7-12-28-15-18)24-8-3-16-4-9-26(10-5-16)14-19(20,21)22/h16,27H,2-15H2,1H3,(H2,23,24,25). The van der Waals surface area contributed by atoms with Gasteiger partial charge in [0.2, 0.25) is 0 Å². The minimum Gasteiger partial charge on any atom is -0.396 e. The molecular formula is C19H35F3N4O2. The smallest absolute Gasteiger partial charge is 0.396 e.